The van der Waals surface area contributed by atoms with Crippen LogP contribution in [0.2, 0.25) is 0 Å². The van der Waals surface area contributed by atoms with Crippen molar-refractivity contribution in [3.63, 3.8) is 0 Å². The summed E-state index contributed by atoms with van der Waals surface area (Å²) in [7, 11) is 0. The van der Waals surface area contributed by atoms with E-state index in [-0.39, 0.29) is 0 Å². The molecule has 0 aliphatic rings. The highest BCUT2D eigenvalue weighted by atomic mass is 32.1. The maximum atomic E-state index is 5.45. The predicted octanol–water partition coefficient (Wildman–Crippen LogP) is 13.2. The third-order valence-electron chi connectivity index (χ3n) is 9.83. The molecule has 0 amide bonds. The number of hydrogen-bond donors (Lipinski definition) is 0. The van der Waals surface area contributed by atoms with Gasteiger partial charge in [-0.1, -0.05) is 109 Å². The Bertz CT molecular complexity index is 3130. The molecule has 11 aromatic rings. The third kappa shape index (κ3) is 3.73. The summed E-state index contributed by atoms with van der Waals surface area (Å²) in [5.74, 6) is 0. The summed E-state index contributed by atoms with van der Waals surface area (Å²) in [6.07, 6.45) is 0. The SMILES string of the molecule is c1ccc2c(c1)cc(-c1nc3ccccc3nc1-c1cccc3c1sc1ccccc13)c1cc3sc4c5ccccc5ccc4c3cc12. The van der Waals surface area contributed by atoms with Gasteiger partial charge in [0.05, 0.1) is 22.4 Å². The molecule has 0 fully saturated rings. The molecule has 0 radical (unpaired) electrons. The van der Waals surface area contributed by atoms with Crippen molar-refractivity contribution < 1.29 is 0 Å². The van der Waals surface area contributed by atoms with Crippen LogP contribution in [-0.2, 0) is 0 Å². The van der Waals surface area contributed by atoms with E-state index in [0.29, 0.717) is 0 Å². The molecule has 0 unspecified atom stereocenters. The van der Waals surface area contributed by atoms with Gasteiger partial charge in [-0.25, -0.2) is 9.97 Å². The summed E-state index contributed by atoms with van der Waals surface area (Å²) < 4.78 is 5.15. The normalized spacial score (nSPS) is 12.2. The van der Waals surface area contributed by atoms with Crippen LogP contribution in [0.5, 0.6) is 0 Å². The molecule has 3 heterocycles. The van der Waals surface area contributed by atoms with Crippen LogP contribution >= 0.6 is 22.7 Å². The average molecular weight is 645 g/mol. The van der Waals surface area contributed by atoms with Crippen molar-refractivity contribution in [1.82, 2.24) is 9.97 Å². The van der Waals surface area contributed by atoms with Gasteiger partial charge in [0, 0.05) is 51.5 Å². The van der Waals surface area contributed by atoms with Crippen LogP contribution < -0.4 is 0 Å². The summed E-state index contributed by atoms with van der Waals surface area (Å²) >= 11 is 3.73. The van der Waals surface area contributed by atoms with Gasteiger partial charge in [-0.2, -0.15) is 0 Å². The van der Waals surface area contributed by atoms with Crippen LogP contribution in [0.25, 0.3) is 106 Å². The molecule has 8 aromatic carbocycles. The fourth-order valence-electron chi connectivity index (χ4n) is 7.60. The van der Waals surface area contributed by atoms with E-state index in [1.807, 2.05) is 28.7 Å². The molecular formula is C44H24N2S2. The first kappa shape index (κ1) is 26.4. The second kappa shape index (κ2) is 9.91. The highest BCUT2D eigenvalue weighted by Gasteiger charge is 2.21. The number of rotatable bonds is 2. The molecule has 48 heavy (non-hydrogen) atoms. The standard InChI is InChI=1S/C44H24N2S2/c1-4-13-28-25(10-1)20-21-31-35-23-33-27-12-3-2-11-26(27)22-36(34(33)24-40(35)48-43(28)31)42-41(45-37-17-6-7-18-38(37)46-42)32-16-9-15-30-29-14-5-8-19-39(29)47-44(30)32/h1-24H. The molecule has 2 nitrogen and oxygen atoms in total. The Kier molecular flexibility index (Phi) is 5.45. The first-order valence-corrected chi connectivity index (χ1v) is 17.8. The van der Waals surface area contributed by atoms with E-state index in [0.717, 1.165) is 33.5 Å². The predicted molar refractivity (Wildman–Crippen MR) is 209 cm³/mol. The monoisotopic (exact) mass is 644 g/mol. The lowest BCUT2D eigenvalue weighted by Gasteiger charge is -2.15. The molecule has 0 spiro atoms. The maximum Gasteiger partial charge on any atom is 0.0987 e. The van der Waals surface area contributed by atoms with Gasteiger partial charge in [-0.3, -0.25) is 0 Å². The van der Waals surface area contributed by atoms with E-state index in [1.54, 1.807) is 0 Å². The Morgan fingerprint density at radius 1 is 0.333 bits per heavy atom. The minimum absolute atomic E-state index is 0.899. The Morgan fingerprint density at radius 3 is 1.83 bits per heavy atom. The zero-order valence-corrected chi connectivity index (χ0v) is 27.2. The average Bonchev–Trinajstić information content (AvgIpc) is 3.71. The first-order valence-electron chi connectivity index (χ1n) is 16.2. The van der Waals surface area contributed by atoms with Crippen LogP contribution in [0, 0.1) is 0 Å². The Labute approximate surface area is 283 Å². The molecule has 0 saturated carbocycles. The van der Waals surface area contributed by atoms with Crippen LogP contribution in [0.3, 0.4) is 0 Å². The van der Waals surface area contributed by atoms with Gasteiger partial charge < -0.3 is 0 Å². The molecule has 11 rings (SSSR count). The van der Waals surface area contributed by atoms with Gasteiger partial charge in [-0.05, 0) is 68.7 Å². The van der Waals surface area contributed by atoms with Crippen molar-refractivity contribution in [1.29, 1.82) is 0 Å². The lowest BCUT2D eigenvalue weighted by Crippen LogP contribution is -1.97. The second-order valence-electron chi connectivity index (χ2n) is 12.5. The Hall–Kier alpha value is -5.68. The van der Waals surface area contributed by atoms with Gasteiger partial charge in [0.1, 0.15) is 0 Å². The number of nitrogens with zero attached hydrogens (tertiary/aromatic N) is 2. The van der Waals surface area contributed by atoms with E-state index >= 15 is 0 Å². The number of hydrogen-bond acceptors (Lipinski definition) is 4. The molecule has 0 aliphatic heterocycles. The van der Waals surface area contributed by atoms with E-state index in [2.05, 4.69) is 140 Å². The van der Waals surface area contributed by atoms with Gasteiger partial charge in [0.2, 0.25) is 0 Å². The van der Waals surface area contributed by atoms with Crippen LogP contribution in [0.1, 0.15) is 0 Å². The summed E-state index contributed by atoms with van der Waals surface area (Å²) in [6, 6.07) is 52.8. The Morgan fingerprint density at radius 2 is 0.979 bits per heavy atom. The van der Waals surface area contributed by atoms with Gasteiger partial charge in [-0.15, -0.1) is 22.7 Å². The molecule has 0 atom stereocenters. The third-order valence-corrected chi connectivity index (χ3v) is 12.2. The van der Waals surface area contributed by atoms with E-state index in [4.69, 9.17) is 9.97 Å². The van der Waals surface area contributed by atoms with E-state index in [9.17, 15) is 0 Å². The van der Waals surface area contributed by atoms with Crippen LogP contribution in [-0.4, -0.2) is 9.97 Å². The number of para-hydroxylation sites is 2. The van der Waals surface area contributed by atoms with Gasteiger partial charge >= 0.3 is 0 Å². The van der Waals surface area contributed by atoms with Crippen molar-refractivity contribution in [2.75, 3.05) is 0 Å². The minimum Gasteiger partial charge on any atom is -0.244 e. The second-order valence-corrected chi connectivity index (χ2v) is 14.6. The van der Waals surface area contributed by atoms with Crippen molar-refractivity contribution in [3.05, 3.63) is 146 Å². The van der Waals surface area contributed by atoms with Crippen molar-refractivity contribution in [2.24, 2.45) is 0 Å². The van der Waals surface area contributed by atoms with Crippen molar-refractivity contribution >= 4 is 106 Å². The van der Waals surface area contributed by atoms with Crippen molar-refractivity contribution in [3.8, 4) is 22.5 Å². The summed E-state index contributed by atoms with van der Waals surface area (Å²) in [6.45, 7) is 0. The first-order chi connectivity index (χ1) is 23.8. The zero-order valence-electron chi connectivity index (χ0n) is 25.6. The van der Waals surface area contributed by atoms with E-state index in [1.165, 1.54) is 72.7 Å². The molecular weight excluding hydrogens is 621 g/mol. The van der Waals surface area contributed by atoms with Gasteiger partial charge in [0.15, 0.2) is 0 Å². The summed E-state index contributed by atoms with van der Waals surface area (Å²) in [4.78, 5) is 10.9. The van der Waals surface area contributed by atoms with Crippen molar-refractivity contribution in [2.45, 2.75) is 0 Å². The Balaban J connectivity index is 1.29. The lowest BCUT2D eigenvalue weighted by atomic mass is 9.92. The lowest BCUT2D eigenvalue weighted by molar-refractivity contribution is 1.30. The van der Waals surface area contributed by atoms with Crippen LogP contribution in [0.4, 0.5) is 0 Å². The molecule has 0 bridgehead atoms. The molecule has 0 saturated heterocycles. The molecule has 3 aromatic heterocycles. The fourth-order valence-corrected chi connectivity index (χ4v) is 10.1. The molecule has 0 N–H and O–H groups in total. The van der Waals surface area contributed by atoms with E-state index < -0.39 is 0 Å². The largest absolute Gasteiger partial charge is 0.244 e. The van der Waals surface area contributed by atoms with Gasteiger partial charge in [0.25, 0.3) is 0 Å². The topological polar surface area (TPSA) is 25.8 Å². The highest BCUT2D eigenvalue weighted by molar-refractivity contribution is 7.27. The molecule has 0 aliphatic carbocycles. The number of benzene rings is 8. The summed E-state index contributed by atoms with van der Waals surface area (Å²) in [5, 5.41) is 12.6. The van der Waals surface area contributed by atoms with Crippen LogP contribution in [0.15, 0.2) is 146 Å². The minimum atomic E-state index is 0.899. The highest BCUT2D eigenvalue weighted by Crippen LogP contribution is 2.46. The number of thiophene rings is 2. The number of aromatic nitrogens is 2. The quantitative estimate of drug-likeness (QED) is 0.175. The summed E-state index contributed by atoms with van der Waals surface area (Å²) in [5.41, 5.74) is 5.87. The molecule has 222 valence electrons. The zero-order chi connectivity index (χ0) is 31.3. The smallest absolute Gasteiger partial charge is 0.0987 e. The maximum absolute atomic E-state index is 5.45. The molecule has 4 heteroatoms. The number of fused-ring (bicyclic) bond motifs is 12. The fraction of sp³-hybridized carbons (Fsp3) is 0.